The van der Waals surface area contributed by atoms with Crippen molar-refractivity contribution < 1.29 is 19.1 Å². The summed E-state index contributed by atoms with van der Waals surface area (Å²) in [7, 11) is 0. The lowest BCUT2D eigenvalue weighted by molar-refractivity contribution is -0.117. The highest BCUT2D eigenvalue weighted by molar-refractivity contribution is 5.94. The SMILES string of the molecule is NC1(CC(=O)Nc2ccc(F)c(C(=O)O)c2)CCCCC1. The number of benzene rings is 1. The van der Waals surface area contributed by atoms with Crippen molar-refractivity contribution in [3.63, 3.8) is 0 Å². The summed E-state index contributed by atoms with van der Waals surface area (Å²) in [5.74, 6) is -2.48. The van der Waals surface area contributed by atoms with Gasteiger partial charge in [0.05, 0.1) is 5.56 Å². The van der Waals surface area contributed by atoms with Gasteiger partial charge in [0.15, 0.2) is 0 Å². The Morgan fingerprint density at radius 3 is 2.57 bits per heavy atom. The molecule has 1 saturated carbocycles. The van der Waals surface area contributed by atoms with Gasteiger partial charge >= 0.3 is 5.97 Å². The molecule has 5 nitrogen and oxygen atoms in total. The van der Waals surface area contributed by atoms with Crippen LogP contribution in [0.15, 0.2) is 18.2 Å². The number of carboxylic acids is 1. The third-order valence-electron chi connectivity index (χ3n) is 3.84. The van der Waals surface area contributed by atoms with Crippen LogP contribution in [0.4, 0.5) is 10.1 Å². The van der Waals surface area contributed by atoms with Crippen molar-refractivity contribution in [2.75, 3.05) is 5.32 Å². The van der Waals surface area contributed by atoms with E-state index in [0.29, 0.717) is 0 Å². The molecule has 0 atom stereocenters. The maximum Gasteiger partial charge on any atom is 0.338 e. The number of aromatic carboxylic acids is 1. The van der Waals surface area contributed by atoms with Gasteiger partial charge in [0, 0.05) is 17.6 Å². The van der Waals surface area contributed by atoms with Crippen LogP contribution in [-0.4, -0.2) is 22.5 Å². The Morgan fingerprint density at radius 1 is 1.29 bits per heavy atom. The second-order valence-corrected chi connectivity index (χ2v) is 5.65. The lowest BCUT2D eigenvalue weighted by Gasteiger charge is -2.32. The first kappa shape index (κ1) is 15.4. The van der Waals surface area contributed by atoms with Crippen LogP contribution in [0.1, 0.15) is 48.9 Å². The molecule has 0 aliphatic heterocycles. The van der Waals surface area contributed by atoms with Crippen molar-refractivity contribution in [3.8, 4) is 0 Å². The normalized spacial score (nSPS) is 17.2. The minimum absolute atomic E-state index is 0.187. The minimum Gasteiger partial charge on any atom is -0.478 e. The Morgan fingerprint density at radius 2 is 1.95 bits per heavy atom. The van der Waals surface area contributed by atoms with Gasteiger partial charge in [0.25, 0.3) is 0 Å². The van der Waals surface area contributed by atoms with E-state index in [1.807, 2.05) is 0 Å². The summed E-state index contributed by atoms with van der Waals surface area (Å²) in [5.41, 5.74) is 5.51. The van der Waals surface area contributed by atoms with Crippen molar-refractivity contribution in [3.05, 3.63) is 29.6 Å². The number of amides is 1. The van der Waals surface area contributed by atoms with Gasteiger partial charge in [-0.05, 0) is 31.0 Å². The molecule has 1 aromatic carbocycles. The molecule has 0 aromatic heterocycles. The molecule has 1 aliphatic carbocycles. The molecule has 1 aromatic rings. The summed E-state index contributed by atoms with van der Waals surface area (Å²) in [6, 6.07) is 3.47. The highest BCUT2D eigenvalue weighted by Crippen LogP contribution is 2.29. The highest BCUT2D eigenvalue weighted by atomic mass is 19.1. The van der Waals surface area contributed by atoms with Gasteiger partial charge in [-0.2, -0.15) is 0 Å². The van der Waals surface area contributed by atoms with Crippen LogP contribution in [0.2, 0.25) is 0 Å². The van der Waals surface area contributed by atoms with Crippen LogP contribution < -0.4 is 11.1 Å². The van der Waals surface area contributed by atoms with E-state index in [4.69, 9.17) is 10.8 Å². The van der Waals surface area contributed by atoms with Gasteiger partial charge in [0.2, 0.25) is 5.91 Å². The fraction of sp³-hybridized carbons (Fsp3) is 0.467. The van der Waals surface area contributed by atoms with Crippen LogP contribution in [0.3, 0.4) is 0 Å². The molecular weight excluding hydrogens is 275 g/mol. The van der Waals surface area contributed by atoms with Gasteiger partial charge in [-0.1, -0.05) is 19.3 Å². The van der Waals surface area contributed by atoms with E-state index in [2.05, 4.69) is 5.32 Å². The van der Waals surface area contributed by atoms with E-state index < -0.39 is 22.9 Å². The molecule has 0 spiro atoms. The third-order valence-corrected chi connectivity index (χ3v) is 3.84. The summed E-state index contributed by atoms with van der Waals surface area (Å²) in [4.78, 5) is 22.9. The van der Waals surface area contributed by atoms with Gasteiger partial charge in [-0.15, -0.1) is 0 Å². The highest BCUT2D eigenvalue weighted by Gasteiger charge is 2.30. The van der Waals surface area contributed by atoms with Crippen molar-refractivity contribution >= 4 is 17.6 Å². The standard InChI is InChI=1S/C15H19FN2O3/c16-12-5-4-10(8-11(12)14(20)21)18-13(19)9-15(17)6-2-1-3-7-15/h4-5,8H,1-3,6-7,9,17H2,(H,18,19)(H,20,21). The minimum atomic E-state index is -1.37. The number of halogens is 1. The fourth-order valence-electron chi connectivity index (χ4n) is 2.72. The van der Waals surface area contributed by atoms with Crippen molar-refractivity contribution in [2.24, 2.45) is 5.73 Å². The summed E-state index contributed by atoms with van der Waals surface area (Å²) in [5, 5.41) is 11.4. The molecule has 6 heteroatoms. The zero-order valence-electron chi connectivity index (χ0n) is 11.7. The first-order valence-electron chi connectivity index (χ1n) is 7.01. The molecule has 2 rings (SSSR count). The van der Waals surface area contributed by atoms with Gasteiger partial charge in [-0.25, -0.2) is 9.18 Å². The summed E-state index contributed by atoms with van der Waals surface area (Å²) >= 11 is 0. The number of carbonyl (C=O) groups is 2. The molecule has 1 fully saturated rings. The van der Waals surface area contributed by atoms with Crippen molar-refractivity contribution in [1.29, 1.82) is 0 Å². The van der Waals surface area contributed by atoms with Gasteiger partial charge in [0.1, 0.15) is 5.82 Å². The van der Waals surface area contributed by atoms with E-state index in [0.717, 1.165) is 44.2 Å². The lowest BCUT2D eigenvalue weighted by Crippen LogP contribution is -2.44. The molecule has 0 bridgehead atoms. The van der Waals surface area contributed by atoms with E-state index in [1.165, 1.54) is 6.07 Å². The number of anilines is 1. The zero-order chi connectivity index (χ0) is 15.5. The monoisotopic (exact) mass is 294 g/mol. The Kier molecular flexibility index (Phi) is 4.57. The number of rotatable bonds is 4. The predicted molar refractivity (Wildman–Crippen MR) is 76.6 cm³/mol. The number of nitrogens with one attached hydrogen (secondary N) is 1. The van der Waals surface area contributed by atoms with Gasteiger partial charge in [-0.3, -0.25) is 4.79 Å². The number of carbonyl (C=O) groups excluding carboxylic acids is 1. The third kappa shape index (κ3) is 4.01. The maximum absolute atomic E-state index is 13.3. The maximum atomic E-state index is 13.3. The molecule has 0 radical (unpaired) electrons. The molecule has 0 unspecified atom stereocenters. The molecule has 21 heavy (non-hydrogen) atoms. The fourth-order valence-corrected chi connectivity index (χ4v) is 2.72. The van der Waals surface area contributed by atoms with Crippen molar-refractivity contribution in [2.45, 2.75) is 44.1 Å². The van der Waals surface area contributed by atoms with Gasteiger partial charge < -0.3 is 16.2 Å². The number of carboxylic acid groups (broad SMARTS) is 1. The molecule has 4 N–H and O–H groups in total. The molecular formula is C15H19FN2O3. The van der Waals surface area contributed by atoms with Crippen LogP contribution in [0.25, 0.3) is 0 Å². The Balaban J connectivity index is 2.02. The number of hydrogen-bond donors (Lipinski definition) is 3. The van der Waals surface area contributed by atoms with E-state index in [1.54, 1.807) is 0 Å². The number of nitrogens with two attached hydrogens (primary N) is 1. The summed E-state index contributed by atoms with van der Waals surface area (Å²) in [6.45, 7) is 0. The number of hydrogen-bond acceptors (Lipinski definition) is 3. The topological polar surface area (TPSA) is 92.4 Å². The predicted octanol–water partition coefficient (Wildman–Crippen LogP) is 2.51. The van der Waals surface area contributed by atoms with E-state index in [-0.39, 0.29) is 18.0 Å². The van der Waals surface area contributed by atoms with Crippen LogP contribution in [-0.2, 0) is 4.79 Å². The zero-order valence-corrected chi connectivity index (χ0v) is 11.7. The molecule has 1 aliphatic rings. The second kappa shape index (κ2) is 6.22. The Bertz CT molecular complexity index is 554. The summed E-state index contributed by atoms with van der Waals surface area (Å²) < 4.78 is 13.3. The smallest absolute Gasteiger partial charge is 0.338 e. The largest absolute Gasteiger partial charge is 0.478 e. The first-order valence-corrected chi connectivity index (χ1v) is 7.01. The quantitative estimate of drug-likeness (QED) is 0.795. The molecule has 1 amide bonds. The average Bonchev–Trinajstić information content (AvgIpc) is 2.40. The van der Waals surface area contributed by atoms with Crippen molar-refractivity contribution in [1.82, 2.24) is 0 Å². The average molecular weight is 294 g/mol. The van der Waals surface area contributed by atoms with Crippen LogP contribution in [0.5, 0.6) is 0 Å². The van der Waals surface area contributed by atoms with E-state index in [9.17, 15) is 14.0 Å². The molecule has 0 saturated heterocycles. The second-order valence-electron chi connectivity index (χ2n) is 5.65. The Labute approximate surface area is 122 Å². The van der Waals surface area contributed by atoms with Crippen LogP contribution in [0, 0.1) is 5.82 Å². The molecule has 114 valence electrons. The summed E-state index contributed by atoms with van der Waals surface area (Å²) in [6.07, 6.45) is 4.98. The Hall–Kier alpha value is -1.95. The molecule has 0 heterocycles. The lowest BCUT2D eigenvalue weighted by atomic mass is 9.80. The van der Waals surface area contributed by atoms with E-state index >= 15 is 0 Å². The van der Waals surface area contributed by atoms with Crippen LogP contribution >= 0.6 is 0 Å². The first-order chi connectivity index (χ1) is 9.89.